The molecule has 0 atom stereocenters. The third-order valence-corrected chi connectivity index (χ3v) is 3.10. The number of rotatable bonds is 1. The van der Waals surface area contributed by atoms with Gasteiger partial charge >= 0.3 is 0 Å². The van der Waals surface area contributed by atoms with Gasteiger partial charge in [-0.25, -0.2) is 4.98 Å². The lowest BCUT2D eigenvalue weighted by Gasteiger charge is -2.30. The molecule has 0 unspecified atom stereocenters. The standard InChI is InChI=1S/C12H15FN2O/c1-9(16)15-7-5-10(6-8-15)11-3-2-4-12(13)14-11/h2-4,10H,5-8H2,1H3. The Morgan fingerprint density at radius 3 is 2.69 bits per heavy atom. The van der Waals surface area contributed by atoms with Crippen LogP contribution in [0.2, 0.25) is 0 Å². The lowest BCUT2D eigenvalue weighted by atomic mass is 9.93. The highest BCUT2D eigenvalue weighted by Gasteiger charge is 2.22. The number of amides is 1. The summed E-state index contributed by atoms with van der Waals surface area (Å²) in [5, 5.41) is 0. The Labute approximate surface area is 94.3 Å². The van der Waals surface area contributed by atoms with E-state index in [0.717, 1.165) is 31.6 Å². The number of aromatic nitrogens is 1. The Morgan fingerprint density at radius 1 is 1.44 bits per heavy atom. The van der Waals surface area contributed by atoms with Crippen LogP contribution in [0.3, 0.4) is 0 Å². The van der Waals surface area contributed by atoms with Crippen molar-refractivity contribution < 1.29 is 9.18 Å². The Bertz CT molecular complexity index is 386. The number of piperidine rings is 1. The van der Waals surface area contributed by atoms with Gasteiger partial charge in [-0.15, -0.1) is 0 Å². The number of halogens is 1. The van der Waals surface area contributed by atoms with E-state index in [9.17, 15) is 9.18 Å². The molecular weight excluding hydrogens is 207 g/mol. The van der Waals surface area contributed by atoms with Crippen LogP contribution in [0.1, 0.15) is 31.4 Å². The van der Waals surface area contributed by atoms with Crippen LogP contribution in [-0.2, 0) is 4.79 Å². The Kier molecular flexibility index (Phi) is 3.17. The van der Waals surface area contributed by atoms with Crippen LogP contribution in [0.25, 0.3) is 0 Å². The summed E-state index contributed by atoms with van der Waals surface area (Å²) in [5.41, 5.74) is 0.809. The molecule has 0 saturated carbocycles. The highest BCUT2D eigenvalue weighted by Crippen LogP contribution is 2.26. The molecule has 1 aliphatic rings. The van der Waals surface area contributed by atoms with E-state index in [2.05, 4.69) is 4.98 Å². The van der Waals surface area contributed by atoms with Crippen LogP contribution >= 0.6 is 0 Å². The first kappa shape index (κ1) is 11.0. The van der Waals surface area contributed by atoms with E-state index < -0.39 is 5.95 Å². The van der Waals surface area contributed by atoms with Crippen molar-refractivity contribution in [2.45, 2.75) is 25.7 Å². The number of nitrogens with zero attached hydrogens (tertiary/aromatic N) is 2. The van der Waals surface area contributed by atoms with Crippen LogP contribution in [0.15, 0.2) is 18.2 Å². The van der Waals surface area contributed by atoms with Gasteiger partial charge in [-0.2, -0.15) is 4.39 Å². The van der Waals surface area contributed by atoms with Gasteiger partial charge in [-0.1, -0.05) is 6.07 Å². The summed E-state index contributed by atoms with van der Waals surface area (Å²) in [6, 6.07) is 4.90. The second kappa shape index (κ2) is 4.60. The fourth-order valence-electron chi connectivity index (χ4n) is 2.14. The van der Waals surface area contributed by atoms with Gasteiger partial charge in [0.1, 0.15) is 0 Å². The summed E-state index contributed by atoms with van der Waals surface area (Å²) in [5.74, 6) is -0.0246. The van der Waals surface area contributed by atoms with Gasteiger partial charge in [-0.05, 0) is 25.0 Å². The number of carbonyl (C=O) groups is 1. The molecule has 4 heteroatoms. The SMILES string of the molecule is CC(=O)N1CCC(c2cccc(F)n2)CC1. The molecule has 0 aromatic carbocycles. The first-order valence-electron chi connectivity index (χ1n) is 5.55. The summed E-state index contributed by atoms with van der Waals surface area (Å²) >= 11 is 0. The van der Waals surface area contributed by atoms with Gasteiger partial charge in [0.15, 0.2) is 0 Å². The van der Waals surface area contributed by atoms with E-state index >= 15 is 0 Å². The average molecular weight is 222 g/mol. The fourth-order valence-corrected chi connectivity index (χ4v) is 2.14. The monoisotopic (exact) mass is 222 g/mol. The molecule has 1 amide bonds. The molecule has 1 aliphatic heterocycles. The molecule has 0 spiro atoms. The van der Waals surface area contributed by atoms with Crippen molar-refractivity contribution in [3.05, 3.63) is 29.8 Å². The number of carbonyl (C=O) groups excluding carboxylic acids is 1. The minimum atomic E-state index is -0.425. The molecule has 86 valence electrons. The number of likely N-dealkylation sites (tertiary alicyclic amines) is 1. The summed E-state index contributed by atoms with van der Waals surface area (Å²) in [6.07, 6.45) is 1.74. The normalized spacial score (nSPS) is 17.5. The molecule has 0 N–H and O–H groups in total. The second-order valence-corrected chi connectivity index (χ2v) is 4.17. The summed E-state index contributed by atoms with van der Waals surface area (Å²) in [6.45, 7) is 3.08. The zero-order valence-electron chi connectivity index (χ0n) is 9.32. The molecular formula is C12H15FN2O. The predicted molar refractivity (Wildman–Crippen MR) is 58.4 cm³/mol. The van der Waals surface area contributed by atoms with Gasteiger partial charge in [0.05, 0.1) is 0 Å². The Balaban J connectivity index is 2.01. The maximum Gasteiger partial charge on any atom is 0.219 e. The Morgan fingerprint density at radius 2 is 2.12 bits per heavy atom. The van der Waals surface area contributed by atoms with Crippen molar-refractivity contribution in [2.24, 2.45) is 0 Å². The van der Waals surface area contributed by atoms with Gasteiger partial charge in [-0.3, -0.25) is 4.79 Å². The maximum absolute atomic E-state index is 13.0. The molecule has 1 saturated heterocycles. The topological polar surface area (TPSA) is 33.2 Å². The largest absolute Gasteiger partial charge is 0.343 e. The average Bonchev–Trinajstić information content (AvgIpc) is 2.29. The third kappa shape index (κ3) is 2.38. The lowest BCUT2D eigenvalue weighted by Crippen LogP contribution is -2.36. The van der Waals surface area contributed by atoms with E-state index in [0.29, 0.717) is 0 Å². The first-order chi connectivity index (χ1) is 7.66. The fraction of sp³-hybridized carbons (Fsp3) is 0.500. The van der Waals surface area contributed by atoms with Gasteiger partial charge < -0.3 is 4.90 Å². The maximum atomic E-state index is 13.0. The van der Waals surface area contributed by atoms with Gasteiger partial charge in [0, 0.05) is 31.6 Å². The first-order valence-corrected chi connectivity index (χ1v) is 5.55. The smallest absolute Gasteiger partial charge is 0.219 e. The quantitative estimate of drug-likeness (QED) is 0.680. The second-order valence-electron chi connectivity index (χ2n) is 4.17. The van der Waals surface area contributed by atoms with E-state index in [-0.39, 0.29) is 11.8 Å². The minimum absolute atomic E-state index is 0.116. The number of pyridine rings is 1. The summed E-state index contributed by atoms with van der Waals surface area (Å²) in [4.78, 5) is 16.9. The summed E-state index contributed by atoms with van der Waals surface area (Å²) < 4.78 is 13.0. The van der Waals surface area contributed by atoms with Crippen LogP contribution in [-0.4, -0.2) is 28.9 Å². The highest BCUT2D eigenvalue weighted by atomic mass is 19.1. The lowest BCUT2D eigenvalue weighted by molar-refractivity contribution is -0.129. The van der Waals surface area contributed by atoms with Crippen molar-refractivity contribution in [2.75, 3.05) is 13.1 Å². The van der Waals surface area contributed by atoms with Gasteiger partial charge in [0.2, 0.25) is 11.9 Å². The van der Waals surface area contributed by atoms with Crippen LogP contribution < -0.4 is 0 Å². The van der Waals surface area contributed by atoms with E-state index in [1.54, 1.807) is 13.0 Å². The van der Waals surface area contributed by atoms with E-state index in [1.165, 1.54) is 6.07 Å². The zero-order chi connectivity index (χ0) is 11.5. The van der Waals surface area contributed by atoms with Crippen LogP contribution in [0.5, 0.6) is 0 Å². The molecule has 3 nitrogen and oxygen atoms in total. The molecule has 1 aromatic rings. The van der Waals surface area contributed by atoms with Crippen LogP contribution in [0.4, 0.5) is 4.39 Å². The molecule has 2 rings (SSSR count). The highest BCUT2D eigenvalue weighted by molar-refractivity contribution is 5.73. The Hall–Kier alpha value is -1.45. The van der Waals surface area contributed by atoms with Crippen molar-refractivity contribution in [3.8, 4) is 0 Å². The minimum Gasteiger partial charge on any atom is -0.343 e. The molecule has 0 aliphatic carbocycles. The van der Waals surface area contributed by atoms with Crippen molar-refractivity contribution in [1.29, 1.82) is 0 Å². The summed E-state index contributed by atoms with van der Waals surface area (Å²) in [7, 11) is 0. The molecule has 0 radical (unpaired) electrons. The third-order valence-electron chi connectivity index (χ3n) is 3.10. The van der Waals surface area contributed by atoms with E-state index in [1.807, 2.05) is 11.0 Å². The molecule has 0 bridgehead atoms. The van der Waals surface area contributed by atoms with Crippen LogP contribution in [0, 0.1) is 5.95 Å². The van der Waals surface area contributed by atoms with Crippen molar-refractivity contribution in [1.82, 2.24) is 9.88 Å². The molecule has 16 heavy (non-hydrogen) atoms. The molecule has 1 fully saturated rings. The molecule has 2 heterocycles. The van der Waals surface area contributed by atoms with Gasteiger partial charge in [0.25, 0.3) is 0 Å². The van der Waals surface area contributed by atoms with Crippen molar-refractivity contribution >= 4 is 5.91 Å². The van der Waals surface area contributed by atoms with Crippen molar-refractivity contribution in [3.63, 3.8) is 0 Å². The number of hydrogen-bond acceptors (Lipinski definition) is 2. The van der Waals surface area contributed by atoms with E-state index in [4.69, 9.17) is 0 Å². The predicted octanol–water partition coefficient (Wildman–Crippen LogP) is 1.95. The number of hydrogen-bond donors (Lipinski definition) is 0. The zero-order valence-corrected chi connectivity index (χ0v) is 9.32. The molecule has 1 aromatic heterocycles.